The summed E-state index contributed by atoms with van der Waals surface area (Å²) in [5, 5.41) is 3.14. The van der Waals surface area contributed by atoms with Crippen molar-refractivity contribution in [2.75, 3.05) is 7.05 Å². The molecule has 0 spiro atoms. The number of carbonyl (C=O) groups is 1. The van der Waals surface area contributed by atoms with E-state index in [1.54, 1.807) is 11.1 Å². The highest BCUT2D eigenvalue weighted by Crippen LogP contribution is 2.22. The summed E-state index contributed by atoms with van der Waals surface area (Å²) in [7, 11) is 1.82. The minimum atomic E-state index is -0.0509. The number of benzene rings is 1. The summed E-state index contributed by atoms with van der Waals surface area (Å²) in [5.41, 5.74) is 3.58. The van der Waals surface area contributed by atoms with Gasteiger partial charge in [0, 0.05) is 19.3 Å². The van der Waals surface area contributed by atoms with Gasteiger partial charge in [0.1, 0.15) is 0 Å². The Morgan fingerprint density at radius 2 is 1.82 bits per heavy atom. The number of amides is 2. The Hall–Kier alpha value is -2.36. The summed E-state index contributed by atoms with van der Waals surface area (Å²) < 4.78 is 0. The van der Waals surface area contributed by atoms with E-state index in [0.29, 0.717) is 0 Å². The Labute approximate surface area is 131 Å². The van der Waals surface area contributed by atoms with Gasteiger partial charge in [-0.2, -0.15) is 0 Å². The summed E-state index contributed by atoms with van der Waals surface area (Å²) in [6.07, 6.45) is 3.58. The van der Waals surface area contributed by atoms with Gasteiger partial charge in [0.25, 0.3) is 0 Å². The molecule has 0 fully saturated rings. The maximum atomic E-state index is 12.5. The van der Waals surface area contributed by atoms with Gasteiger partial charge in [-0.1, -0.05) is 30.3 Å². The van der Waals surface area contributed by atoms with Crippen LogP contribution in [0.2, 0.25) is 0 Å². The summed E-state index contributed by atoms with van der Waals surface area (Å²) in [6.45, 7) is 1.99. The molecule has 2 aromatic rings. The van der Waals surface area contributed by atoms with Crippen molar-refractivity contribution in [1.29, 1.82) is 0 Å². The number of fused-ring (bicyclic) bond motifs is 1. The van der Waals surface area contributed by atoms with Gasteiger partial charge < -0.3 is 10.2 Å². The highest BCUT2D eigenvalue weighted by Gasteiger charge is 2.25. The zero-order valence-electron chi connectivity index (χ0n) is 13.0. The molecule has 3 rings (SSSR count). The van der Waals surface area contributed by atoms with E-state index >= 15 is 0 Å². The van der Waals surface area contributed by atoms with Crippen molar-refractivity contribution < 1.29 is 4.79 Å². The summed E-state index contributed by atoms with van der Waals surface area (Å²) in [6, 6.07) is 14.2. The highest BCUT2D eigenvalue weighted by molar-refractivity contribution is 5.75. The number of carbonyl (C=O) groups excluding carboxylic acids is 1. The molecule has 0 bridgehead atoms. The number of aromatic nitrogens is 1. The van der Waals surface area contributed by atoms with E-state index in [1.807, 2.05) is 32.2 Å². The van der Waals surface area contributed by atoms with Gasteiger partial charge in [-0.3, -0.25) is 4.98 Å². The number of hydrogen-bond donors (Lipinski definition) is 1. The van der Waals surface area contributed by atoms with E-state index in [9.17, 15) is 4.79 Å². The maximum Gasteiger partial charge on any atom is 0.317 e. The van der Waals surface area contributed by atoms with Crippen LogP contribution in [-0.4, -0.2) is 29.0 Å². The van der Waals surface area contributed by atoms with E-state index in [2.05, 4.69) is 34.6 Å². The van der Waals surface area contributed by atoms with Crippen LogP contribution in [0, 0.1) is 0 Å². The van der Waals surface area contributed by atoms with Gasteiger partial charge in [0.05, 0.1) is 11.7 Å². The van der Waals surface area contributed by atoms with Crippen molar-refractivity contribution in [2.24, 2.45) is 0 Å². The average molecular weight is 295 g/mol. The molecule has 1 heterocycles. The molecule has 0 saturated heterocycles. The molecule has 1 N–H and O–H groups in total. The minimum Gasteiger partial charge on any atom is -0.335 e. The number of rotatable bonds is 3. The lowest BCUT2D eigenvalue weighted by molar-refractivity contribution is 0.189. The number of nitrogens with zero attached hydrogens (tertiary/aromatic N) is 2. The fourth-order valence-corrected chi connectivity index (χ4v) is 2.93. The molecule has 114 valence electrons. The topological polar surface area (TPSA) is 45.2 Å². The van der Waals surface area contributed by atoms with Gasteiger partial charge in [-0.15, -0.1) is 0 Å². The van der Waals surface area contributed by atoms with Crippen molar-refractivity contribution >= 4 is 6.03 Å². The van der Waals surface area contributed by atoms with Crippen LogP contribution in [0.4, 0.5) is 4.79 Å². The standard InChI is InChI=1S/C18H21N3O/c1-13(17-9-5-6-10-19-17)21(2)18(22)20-16-11-14-7-3-4-8-15(14)12-16/h3-10,13,16H,11-12H2,1-2H3,(H,20,22). The lowest BCUT2D eigenvalue weighted by Gasteiger charge is -2.26. The average Bonchev–Trinajstić information content (AvgIpc) is 2.96. The molecular formula is C18H21N3O. The Kier molecular flexibility index (Phi) is 4.09. The van der Waals surface area contributed by atoms with Crippen molar-refractivity contribution in [1.82, 2.24) is 15.2 Å². The molecule has 0 radical (unpaired) electrons. The normalized spacial score (nSPS) is 15.2. The molecule has 1 unspecified atom stereocenters. The Morgan fingerprint density at radius 1 is 1.18 bits per heavy atom. The largest absolute Gasteiger partial charge is 0.335 e. The lowest BCUT2D eigenvalue weighted by atomic mass is 10.1. The van der Waals surface area contributed by atoms with Crippen molar-refractivity contribution in [2.45, 2.75) is 31.8 Å². The van der Waals surface area contributed by atoms with Crippen LogP contribution < -0.4 is 5.32 Å². The van der Waals surface area contributed by atoms with Crippen molar-refractivity contribution in [3.63, 3.8) is 0 Å². The zero-order valence-corrected chi connectivity index (χ0v) is 13.0. The van der Waals surface area contributed by atoms with Gasteiger partial charge in [0.2, 0.25) is 0 Å². The second-order valence-corrected chi connectivity index (χ2v) is 5.86. The third-order valence-electron chi connectivity index (χ3n) is 4.40. The van der Waals surface area contributed by atoms with Crippen molar-refractivity contribution in [3.8, 4) is 0 Å². The number of urea groups is 1. The van der Waals surface area contributed by atoms with E-state index in [0.717, 1.165) is 18.5 Å². The van der Waals surface area contributed by atoms with Crippen LogP contribution >= 0.6 is 0 Å². The van der Waals surface area contributed by atoms with E-state index in [-0.39, 0.29) is 18.1 Å². The molecule has 22 heavy (non-hydrogen) atoms. The third-order valence-corrected chi connectivity index (χ3v) is 4.40. The summed E-state index contributed by atoms with van der Waals surface area (Å²) in [5.74, 6) is 0. The van der Waals surface area contributed by atoms with Crippen LogP contribution in [0.3, 0.4) is 0 Å². The predicted octanol–water partition coefficient (Wildman–Crippen LogP) is 2.95. The van der Waals surface area contributed by atoms with E-state index in [4.69, 9.17) is 0 Å². The molecule has 1 aromatic heterocycles. The molecule has 2 amide bonds. The van der Waals surface area contributed by atoms with Gasteiger partial charge in [-0.05, 0) is 43.0 Å². The molecule has 1 aromatic carbocycles. The monoisotopic (exact) mass is 295 g/mol. The lowest BCUT2D eigenvalue weighted by Crippen LogP contribution is -2.44. The smallest absolute Gasteiger partial charge is 0.317 e. The SMILES string of the molecule is CC(c1ccccn1)N(C)C(=O)NC1Cc2ccccc2C1. The molecule has 4 nitrogen and oxygen atoms in total. The molecule has 0 aliphatic heterocycles. The van der Waals surface area contributed by atoms with E-state index in [1.165, 1.54) is 11.1 Å². The van der Waals surface area contributed by atoms with Crippen LogP contribution in [0.15, 0.2) is 48.7 Å². The quantitative estimate of drug-likeness (QED) is 0.946. The van der Waals surface area contributed by atoms with Crippen molar-refractivity contribution in [3.05, 3.63) is 65.5 Å². The maximum absolute atomic E-state index is 12.5. The number of pyridine rings is 1. The first kappa shape index (κ1) is 14.6. The first-order chi connectivity index (χ1) is 10.6. The highest BCUT2D eigenvalue weighted by atomic mass is 16.2. The summed E-state index contributed by atoms with van der Waals surface area (Å²) in [4.78, 5) is 18.5. The van der Waals surface area contributed by atoms with Gasteiger partial charge >= 0.3 is 6.03 Å². The second kappa shape index (κ2) is 6.18. The Balaban J connectivity index is 1.61. The Morgan fingerprint density at radius 3 is 2.41 bits per heavy atom. The molecule has 4 heteroatoms. The molecular weight excluding hydrogens is 274 g/mol. The first-order valence-corrected chi connectivity index (χ1v) is 7.66. The third kappa shape index (κ3) is 2.96. The molecule has 1 aliphatic rings. The minimum absolute atomic E-state index is 0.0454. The van der Waals surface area contributed by atoms with Crippen LogP contribution in [-0.2, 0) is 12.8 Å². The molecule has 0 saturated carbocycles. The Bertz CT molecular complexity index is 631. The second-order valence-electron chi connectivity index (χ2n) is 5.86. The number of nitrogens with one attached hydrogen (secondary N) is 1. The predicted molar refractivity (Wildman–Crippen MR) is 86.6 cm³/mol. The van der Waals surface area contributed by atoms with Gasteiger partial charge in [-0.25, -0.2) is 4.79 Å². The first-order valence-electron chi connectivity index (χ1n) is 7.66. The van der Waals surface area contributed by atoms with Crippen LogP contribution in [0.1, 0.15) is 29.8 Å². The fourth-order valence-electron chi connectivity index (χ4n) is 2.93. The molecule has 1 atom stereocenters. The van der Waals surface area contributed by atoms with Crippen LogP contribution in [0.25, 0.3) is 0 Å². The fraction of sp³-hybridized carbons (Fsp3) is 0.333. The summed E-state index contributed by atoms with van der Waals surface area (Å²) >= 11 is 0. The number of hydrogen-bond acceptors (Lipinski definition) is 2. The zero-order chi connectivity index (χ0) is 15.5. The van der Waals surface area contributed by atoms with E-state index < -0.39 is 0 Å². The van der Waals surface area contributed by atoms with Crippen LogP contribution in [0.5, 0.6) is 0 Å². The molecule has 1 aliphatic carbocycles. The van der Waals surface area contributed by atoms with Gasteiger partial charge in [0.15, 0.2) is 0 Å².